The van der Waals surface area contributed by atoms with Gasteiger partial charge in [0.05, 0.1) is 16.2 Å². The highest BCUT2D eigenvalue weighted by Crippen LogP contribution is 2.26. The van der Waals surface area contributed by atoms with Gasteiger partial charge in [0, 0.05) is 0 Å². The number of rotatable bonds is 3. The molecule has 2 aromatic rings. The van der Waals surface area contributed by atoms with Gasteiger partial charge in [-0.3, -0.25) is 4.72 Å². The molecule has 0 radical (unpaired) electrons. The highest BCUT2D eigenvalue weighted by Gasteiger charge is 2.16. The molecule has 5 nitrogen and oxygen atoms in total. The van der Waals surface area contributed by atoms with Crippen LogP contribution in [0.3, 0.4) is 0 Å². The summed E-state index contributed by atoms with van der Waals surface area (Å²) in [5, 5.41) is 0. The second-order valence-corrected chi connectivity index (χ2v) is 6.77. The van der Waals surface area contributed by atoms with Gasteiger partial charge in [-0.15, -0.1) is 11.3 Å². The molecule has 0 aliphatic carbocycles. The summed E-state index contributed by atoms with van der Waals surface area (Å²) >= 11 is 6.66. The normalized spacial score (nSPS) is 11.4. The molecule has 0 aliphatic rings. The standard InChI is InChI=1S/C9H8ClN3O2S2/c10-7-2-4-9(16-7)17(14,15)13-8-3-1-6(11)5-12-8/h1-5H,11H2,(H,12,13). The Morgan fingerprint density at radius 2 is 2.06 bits per heavy atom. The van der Waals surface area contributed by atoms with Crippen LogP contribution in [0.1, 0.15) is 0 Å². The van der Waals surface area contributed by atoms with Crippen LogP contribution >= 0.6 is 22.9 Å². The van der Waals surface area contributed by atoms with Crippen molar-refractivity contribution in [3.05, 3.63) is 34.8 Å². The van der Waals surface area contributed by atoms with E-state index in [1.54, 1.807) is 6.07 Å². The van der Waals surface area contributed by atoms with Crippen molar-refractivity contribution < 1.29 is 8.42 Å². The molecule has 0 saturated heterocycles. The predicted octanol–water partition coefficient (Wildman–Crippen LogP) is 2.18. The Labute approximate surface area is 107 Å². The van der Waals surface area contributed by atoms with Gasteiger partial charge in [0.2, 0.25) is 0 Å². The van der Waals surface area contributed by atoms with E-state index in [0.717, 1.165) is 11.3 Å². The zero-order valence-electron chi connectivity index (χ0n) is 8.42. The molecule has 0 fully saturated rings. The van der Waals surface area contributed by atoms with E-state index in [1.807, 2.05) is 0 Å². The summed E-state index contributed by atoms with van der Waals surface area (Å²) in [7, 11) is -3.62. The molecule has 0 bridgehead atoms. The minimum absolute atomic E-state index is 0.140. The molecular formula is C9H8ClN3O2S2. The van der Waals surface area contributed by atoms with Crippen molar-refractivity contribution in [2.75, 3.05) is 10.5 Å². The van der Waals surface area contributed by atoms with E-state index in [1.165, 1.54) is 24.4 Å². The molecule has 3 N–H and O–H groups in total. The van der Waals surface area contributed by atoms with Crippen molar-refractivity contribution >= 4 is 44.5 Å². The molecule has 0 aliphatic heterocycles. The molecule has 0 amide bonds. The summed E-state index contributed by atoms with van der Waals surface area (Å²) < 4.78 is 26.6. The van der Waals surface area contributed by atoms with Gasteiger partial charge in [0.1, 0.15) is 10.0 Å². The smallest absolute Gasteiger partial charge is 0.272 e. The van der Waals surface area contributed by atoms with Crippen molar-refractivity contribution in [1.29, 1.82) is 0 Å². The number of nitrogen functional groups attached to an aromatic ring is 1. The Bertz CT molecular complexity index is 622. The average Bonchev–Trinajstić information content (AvgIpc) is 2.69. The minimum atomic E-state index is -3.62. The fourth-order valence-corrected chi connectivity index (χ4v) is 3.59. The number of nitrogens with one attached hydrogen (secondary N) is 1. The monoisotopic (exact) mass is 289 g/mol. The van der Waals surface area contributed by atoms with Gasteiger partial charge in [-0.2, -0.15) is 0 Å². The molecule has 0 saturated carbocycles. The highest BCUT2D eigenvalue weighted by atomic mass is 35.5. The third-order valence-electron chi connectivity index (χ3n) is 1.84. The van der Waals surface area contributed by atoms with Crippen LogP contribution in [0.4, 0.5) is 11.5 Å². The maximum Gasteiger partial charge on any atom is 0.272 e. The van der Waals surface area contributed by atoms with Crippen molar-refractivity contribution in [2.24, 2.45) is 0 Å². The second-order valence-electron chi connectivity index (χ2n) is 3.14. The van der Waals surface area contributed by atoms with Gasteiger partial charge >= 0.3 is 0 Å². The third-order valence-corrected chi connectivity index (χ3v) is 4.92. The molecule has 0 unspecified atom stereocenters. The summed E-state index contributed by atoms with van der Waals surface area (Å²) in [6.07, 6.45) is 1.37. The van der Waals surface area contributed by atoms with Crippen LogP contribution in [0.2, 0.25) is 4.34 Å². The summed E-state index contributed by atoms with van der Waals surface area (Å²) in [6, 6.07) is 6.01. The van der Waals surface area contributed by atoms with Crippen LogP contribution in [0, 0.1) is 0 Å². The van der Waals surface area contributed by atoms with Gasteiger partial charge in [0.25, 0.3) is 10.0 Å². The Kier molecular flexibility index (Phi) is 3.23. The SMILES string of the molecule is Nc1ccc(NS(=O)(=O)c2ccc(Cl)s2)nc1. The van der Waals surface area contributed by atoms with E-state index >= 15 is 0 Å². The summed E-state index contributed by atoms with van der Waals surface area (Å²) in [4.78, 5) is 3.85. The number of nitrogens with zero attached hydrogens (tertiary/aromatic N) is 1. The molecule has 0 aromatic carbocycles. The summed E-state index contributed by atoms with van der Waals surface area (Å²) in [6.45, 7) is 0. The van der Waals surface area contributed by atoms with Crippen LogP contribution in [0.25, 0.3) is 0 Å². The topological polar surface area (TPSA) is 85.1 Å². The summed E-state index contributed by atoms with van der Waals surface area (Å²) in [5.74, 6) is 0.212. The first-order valence-corrected chi connectivity index (χ1v) is 7.15. The lowest BCUT2D eigenvalue weighted by Crippen LogP contribution is -2.12. The molecule has 2 rings (SSSR count). The van der Waals surface area contributed by atoms with E-state index in [2.05, 4.69) is 9.71 Å². The van der Waals surface area contributed by atoms with Crippen molar-refractivity contribution in [3.8, 4) is 0 Å². The van der Waals surface area contributed by atoms with E-state index in [0.29, 0.717) is 10.0 Å². The first-order valence-electron chi connectivity index (χ1n) is 4.47. The maximum atomic E-state index is 11.9. The van der Waals surface area contributed by atoms with Crippen LogP contribution in [0.5, 0.6) is 0 Å². The Hall–Kier alpha value is -1.31. The zero-order valence-corrected chi connectivity index (χ0v) is 10.8. The predicted molar refractivity (Wildman–Crippen MR) is 68.8 cm³/mol. The molecule has 2 aromatic heterocycles. The first kappa shape index (κ1) is 12.2. The first-order chi connectivity index (χ1) is 7.97. The number of aromatic nitrogens is 1. The molecule has 0 spiro atoms. The number of hydrogen-bond acceptors (Lipinski definition) is 5. The number of hydrogen-bond donors (Lipinski definition) is 2. The van der Waals surface area contributed by atoms with Crippen LogP contribution in [-0.4, -0.2) is 13.4 Å². The van der Waals surface area contributed by atoms with Crippen molar-refractivity contribution in [2.45, 2.75) is 4.21 Å². The molecule has 90 valence electrons. The largest absolute Gasteiger partial charge is 0.397 e. The van der Waals surface area contributed by atoms with Gasteiger partial charge in [-0.05, 0) is 24.3 Å². The van der Waals surface area contributed by atoms with Gasteiger partial charge in [-0.1, -0.05) is 11.6 Å². The lowest BCUT2D eigenvalue weighted by Gasteiger charge is -2.04. The third kappa shape index (κ3) is 2.87. The van der Waals surface area contributed by atoms with Crippen LogP contribution in [-0.2, 0) is 10.0 Å². The van der Waals surface area contributed by atoms with Crippen molar-refractivity contribution in [1.82, 2.24) is 4.98 Å². The quantitative estimate of drug-likeness (QED) is 0.907. The van der Waals surface area contributed by atoms with E-state index < -0.39 is 10.0 Å². The molecule has 8 heteroatoms. The molecule has 0 atom stereocenters. The van der Waals surface area contributed by atoms with E-state index in [4.69, 9.17) is 17.3 Å². The van der Waals surface area contributed by atoms with E-state index in [9.17, 15) is 8.42 Å². The Morgan fingerprint density at radius 3 is 2.59 bits per heavy atom. The molecule has 17 heavy (non-hydrogen) atoms. The molecular weight excluding hydrogens is 282 g/mol. The Balaban J connectivity index is 2.26. The van der Waals surface area contributed by atoms with Crippen LogP contribution in [0.15, 0.2) is 34.7 Å². The van der Waals surface area contributed by atoms with Crippen LogP contribution < -0.4 is 10.5 Å². The second kappa shape index (κ2) is 4.52. The highest BCUT2D eigenvalue weighted by molar-refractivity contribution is 7.94. The van der Waals surface area contributed by atoms with Gasteiger partial charge in [0.15, 0.2) is 0 Å². The zero-order chi connectivity index (χ0) is 12.5. The lowest BCUT2D eigenvalue weighted by molar-refractivity contribution is 0.603. The number of halogens is 1. The molecule has 2 heterocycles. The number of pyridine rings is 1. The minimum Gasteiger partial charge on any atom is -0.397 e. The fraction of sp³-hybridized carbons (Fsp3) is 0. The number of thiophene rings is 1. The lowest BCUT2D eigenvalue weighted by atomic mass is 10.4. The average molecular weight is 290 g/mol. The number of anilines is 2. The number of sulfonamides is 1. The fourth-order valence-electron chi connectivity index (χ4n) is 1.10. The Morgan fingerprint density at radius 1 is 1.29 bits per heavy atom. The van der Waals surface area contributed by atoms with E-state index in [-0.39, 0.29) is 10.0 Å². The maximum absolute atomic E-state index is 11.9. The van der Waals surface area contributed by atoms with Gasteiger partial charge in [-0.25, -0.2) is 13.4 Å². The van der Waals surface area contributed by atoms with Gasteiger partial charge < -0.3 is 5.73 Å². The number of nitrogens with two attached hydrogens (primary N) is 1. The van der Waals surface area contributed by atoms with Crippen molar-refractivity contribution in [3.63, 3.8) is 0 Å². The summed E-state index contributed by atoms with van der Waals surface area (Å²) in [5.41, 5.74) is 5.91.